The lowest BCUT2D eigenvalue weighted by Crippen LogP contribution is -2.59. The van der Waals surface area contributed by atoms with Gasteiger partial charge in [0.15, 0.2) is 6.04 Å². The number of primary amides is 1. The highest BCUT2D eigenvalue weighted by atomic mass is 32.2. The van der Waals surface area contributed by atoms with Crippen LogP contribution in [0, 0.1) is 0 Å². The molecule has 0 bridgehead atoms. The molecule has 0 heterocycles. The number of rotatable bonds is 15. The van der Waals surface area contributed by atoms with Gasteiger partial charge in [-0.3, -0.25) is 19.2 Å². The van der Waals surface area contributed by atoms with Crippen molar-refractivity contribution in [3.8, 4) is 0 Å². The summed E-state index contributed by atoms with van der Waals surface area (Å²) in [5.74, 6) is -4.15. The molecule has 4 amide bonds. The van der Waals surface area contributed by atoms with Gasteiger partial charge in [-0.25, -0.2) is 4.79 Å². The summed E-state index contributed by atoms with van der Waals surface area (Å²) in [5, 5.41) is 26.0. The maximum atomic E-state index is 13.0. The SMILES string of the molecule is CSCCC(N)C(=O)NC(CC(N)=O)C(=O)NC(Cc1ccccc1)C(=O)NC(C(=O)O)C(C)O. The van der Waals surface area contributed by atoms with Gasteiger partial charge in [0.2, 0.25) is 23.6 Å². The number of carboxylic acids is 1. The molecule has 0 fully saturated rings. The fourth-order valence-electron chi connectivity index (χ4n) is 3.04. The second-order valence-corrected chi connectivity index (χ2v) is 8.92. The number of hydrogen-bond acceptors (Lipinski definition) is 8. The Bertz CT molecular complexity index is 884. The first kappa shape index (κ1) is 29.9. The largest absolute Gasteiger partial charge is 0.480 e. The predicted octanol–water partition coefficient (Wildman–Crippen LogP) is -1.90. The van der Waals surface area contributed by atoms with Gasteiger partial charge in [0.1, 0.15) is 12.1 Å². The van der Waals surface area contributed by atoms with E-state index in [4.69, 9.17) is 11.5 Å². The predicted molar refractivity (Wildman–Crippen MR) is 130 cm³/mol. The number of carbonyl (C=O) groups excluding carboxylic acids is 4. The molecule has 35 heavy (non-hydrogen) atoms. The minimum absolute atomic E-state index is 0.0327. The van der Waals surface area contributed by atoms with Gasteiger partial charge in [0, 0.05) is 6.42 Å². The average molecular weight is 512 g/mol. The van der Waals surface area contributed by atoms with E-state index >= 15 is 0 Å². The number of benzene rings is 1. The Labute approximate surface area is 207 Å². The molecule has 194 valence electrons. The summed E-state index contributed by atoms with van der Waals surface area (Å²) >= 11 is 1.49. The number of aliphatic hydroxyl groups excluding tert-OH is 1. The maximum absolute atomic E-state index is 13.0. The molecule has 0 aliphatic rings. The third-order valence-corrected chi connectivity index (χ3v) is 5.61. The van der Waals surface area contributed by atoms with Crippen LogP contribution < -0.4 is 27.4 Å². The Hall–Kier alpha value is -3.16. The van der Waals surface area contributed by atoms with Crippen molar-refractivity contribution in [2.45, 2.75) is 56.5 Å². The van der Waals surface area contributed by atoms with Gasteiger partial charge >= 0.3 is 5.97 Å². The number of nitrogens with one attached hydrogen (secondary N) is 3. The van der Waals surface area contributed by atoms with Crippen LogP contribution >= 0.6 is 11.8 Å². The van der Waals surface area contributed by atoms with Gasteiger partial charge in [0.25, 0.3) is 0 Å². The van der Waals surface area contributed by atoms with Crippen LogP contribution in [0.4, 0.5) is 0 Å². The summed E-state index contributed by atoms with van der Waals surface area (Å²) < 4.78 is 0. The monoisotopic (exact) mass is 511 g/mol. The van der Waals surface area contributed by atoms with E-state index in [1.165, 1.54) is 18.7 Å². The topological polar surface area (TPSA) is 214 Å². The number of thioether (sulfide) groups is 1. The van der Waals surface area contributed by atoms with Crippen LogP contribution in [0.25, 0.3) is 0 Å². The van der Waals surface area contributed by atoms with E-state index in [1.54, 1.807) is 30.3 Å². The van der Waals surface area contributed by atoms with Crippen LogP contribution in [-0.2, 0) is 30.4 Å². The fourth-order valence-corrected chi connectivity index (χ4v) is 3.53. The van der Waals surface area contributed by atoms with Gasteiger partial charge in [-0.15, -0.1) is 0 Å². The fraction of sp³-hybridized carbons (Fsp3) is 0.500. The normalized spacial score (nSPS) is 15.1. The van der Waals surface area contributed by atoms with Crippen molar-refractivity contribution in [1.29, 1.82) is 0 Å². The van der Waals surface area contributed by atoms with E-state index < -0.39 is 66.3 Å². The Kier molecular flexibility index (Phi) is 12.8. The van der Waals surface area contributed by atoms with Gasteiger partial charge in [0.05, 0.1) is 18.6 Å². The first-order chi connectivity index (χ1) is 16.5. The lowest BCUT2D eigenvalue weighted by atomic mass is 10.0. The number of nitrogens with two attached hydrogens (primary N) is 2. The Morgan fingerprint density at radius 1 is 0.971 bits per heavy atom. The van der Waals surface area contributed by atoms with Gasteiger partial charge in [-0.1, -0.05) is 30.3 Å². The van der Waals surface area contributed by atoms with E-state index in [-0.39, 0.29) is 6.42 Å². The van der Waals surface area contributed by atoms with Crippen LogP contribution in [0.15, 0.2) is 30.3 Å². The van der Waals surface area contributed by atoms with E-state index in [1.807, 2.05) is 6.26 Å². The van der Waals surface area contributed by atoms with Crippen molar-refractivity contribution in [1.82, 2.24) is 16.0 Å². The molecule has 13 heteroatoms. The van der Waals surface area contributed by atoms with E-state index in [0.717, 1.165) is 0 Å². The summed E-state index contributed by atoms with van der Waals surface area (Å²) in [6, 6.07) is 3.35. The van der Waals surface area contributed by atoms with Crippen molar-refractivity contribution in [2.75, 3.05) is 12.0 Å². The molecule has 0 saturated carbocycles. The van der Waals surface area contributed by atoms with Crippen LogP contribution in [0.3, 0.4) is 0 Å². The van der Waals surface area contributed by atoms with Crippen molar-refractivity contribution in [3.63, 3.8) is 0 Å². The molecular formula is C22H33N5O7S. The molecule has 1 rings (SSSR count). The van der Waals surface area contributed by atoms with Gasteiger partial charge in [-0.2, -0.15) is 11.8 Å². The second-order valence-electron chi connectivity index (χ2n) is 7.94. The number of carbonyl (C=O) groups is 5. The zero-order valence-corrected chi connectivity index (χ0v) is 20.4. The molecule has 0 saturated heterocycles. The average Bonchev–Trinajstić information content (AvgIpc) is 2.79. The number of carboxylic acid groups (broad SMARTS) is 1. The highest BCUT2D eigenvalue weighted by Crippen LogP contribution is 2.07. The number of amides is 4. The number of aliphatic hydroxyl groups is 1. The van der Waals surface area contributed by atoms with E-state index in [0.29, 0.717) is 17.7 Å². The molecule has 5 atom stereocenters. The lowest BCUT2D eigenvalue weighted by Gasteiger charge is -2.25. The summed E-state index contributed by atoms with van der Waals surface area (Å²) in [7, 11) is 0. The quantitative estimate of drug-likeness (QED) is 0.140. The van der Waals surface area contributed by atoms with Crippen LogP contribution in [0.5, 0.6) is 0 Å². The first-order valence-electron chi connectivity index (χ1n) is 10.8. The Morgan fingerprint density at radius 3 is 2.06 bits per heavy atom. The third kappa shape index (κ3) is 10.8. The van der Waals surface area contributed by atoms with Crippen molar-refractivity contribution < 1.29 is 34.2 Å². The lowest BCUT2D eigenvalue weighted by molar-refractivity contribution is -0.145. The van der Waals surface area contributed by atoms with Gasteiger partial charge < -0.3 is 37.6 Å². The van der Waals surface area contributed by atoms with Crippen molar-refractivity contribution in [2.24, 2.45) is 11.5 Å². The maximum Gasteiger partial charge on any atom is 0.328 e. The molecule has 5 unspecified atom stereocenters. The molecule has 9 N–H and O–H groups in total. The molecule has 0 aliphatic carbocycles. The van der Waals surface area contributed by atoms with E-state index in [2.05, 4.69) is 16.0 Å². The van der Waals surface area contributed by atoms with E-state index in [9.17, 15) is 34.2 Å². The standard InChI is InChI=1S/C22H33N5O7S/c1-12(28)18(22(33)34)27-21(32)15(10-13-6-4-3-5-7-13)26-20(31)16(11-17(24)29)25-19(30)14(23)8-9-35-2/h3-7,12,14-16,18,28H,8-11,23H2,1-2H3,(H2,24,29)(H,25,30)(H,26,31)(H,27,32)(H,33,34). The summed E-state index contributed by atoms with van der Waals surface area (Å²) in [5.41, 5.74) is 11.7. The third-order valence-electron chi connectivity index (χ3n) is 4.97. The zero-order chi connectivity index (χ0) is 26.5. The Balaban J connectivity index is 3.10. The minimum atomic E-state index is -1.62. The smallest absolute Gasteiger partial charge is 0.328 e. The molecular weight excluding hydrogens is 478 g/mol. The summed E-state index contributed by atoms with van der Waals surface area (Å²) in [6.45, 7) is 1.20. The van der Waals surface area contributed by atoms with Crippen molar-refractivity contribution in [3.05, 3.63) is 35.9 Å². The second kappa shape index (κ2) is 15.0. The molecule has 1 aromatic rings. The molecule has 0 radical (unpaired) electrons. The highest BCUT2D eigenvalue weighted by Gasteiger charge is 2.32. The highest BCUT2D eigenvalue weighted by molar-refractivity contribution is 7.98. The minimum Gasteiger partial charge on any atom is -0.480 e. The molecule has 0 aromatic heterocycles. The summed E-state index contributed by atoms with van der Waals surface area (Å²) in [6.07, 6.45) is 0.201. The Morgan fingerprint density at radius 2 is 1.54 bits per heavy atom. The summed E-state index contributed by atoms with van der Waals surface area (Å²) in [4.78, 5) is 61.2. The van der Waals surface area contributed by atoms with Crippen LogP contribution in [-0.4, -0.2) is 82.1 Å². The van der Waals surface area contributed by atoms with Crippen LogP contribution in [0.2, 0.25) is 0 Å². The zero-order valence-electron chi connectivity index (χ0n) is 19.6. The number of hydrogen-bond donors (Lipinski definition) is 7. The number of aliphatic carboxylic acids is 1. The van der Waals surface area contributed by atoms with Crippen LogP contribution in [0.1, 0.15) is 25.3 Å². The van der Waals surface area contributed by atoms with Gasteiger partial charge in [-0.05, 0) is 30.9 Å². The molecule has 1 aromatic carbocycles. The molecule has 0 spiro atoms. The molecule has 0 aliphatic heterocycles. The first-order valence-corrected chi connectivity index (χ1v) is 12.2. The molecule has 12 nitrogen and oxygen atoms in total. The van der Waals surface area contributed by atoms with Crippen molar-refractivity contribution >= 4 is 41.4 Å².